The summed E-state index contributed by atoms with van der Waals surface area (Å²) < 4.78 is 1.87. The van der Waals surface area contributed by atoms with Crippen molar-refractivity contribution in [1.29, 1.82) is 0 Å². The Hall–Kier alpha value is -1.03. The van der Waals surface area contributed by atoms with Gasteiger partial charge in [-0.25, -0.2) is 0 Å². The van der Waals surface area contributed by atoms with Crippen LogP contribution >= 0.6 is 23.2 Å². The fourth-order valence-electron chi connectivity index (χ4n) is 2.39. The summed E-state index contributed by atoms with van der Waals surface area (Å²) >= 11 is 12.0. The molecule has 20 heavy (non-hydrogen) atoms. The van der Waals surface area contributed by atoms with Crippen molar-refractivity contribution < 1.29 is 0 Å². The van der Waals surface area contributed by atoms with Crippen LogP contribution < -0.4 is 5.32 Å². The Morgan fingerprint density at radius 2 is 2.05 bits per heavy atom. The summed E-state index contributed by atoms with van der Waals surface area (Å²) in [7, 11) is 3.92. The van der Waals surface area contributed by atoms with Gasteiger partial charge in [-0.15, -0.1) is 0 Å². The molecule has 0 spiro atoms. The maximum atomic E-state index is 6.08. The Balaban J connectivity index is 2.26. The fraction of sp³-hybridized carbons (Fsp3) is 0.400. The second kappa shape index (κ2) is 6.61. The molecule has 1 atom stereocenters. The minimum Gasteiger partial charge on any atom is -0.313 e. The van der Waals surface area contributed by atoms with E-state index >= 15 is 0 Å². The molecule has 108 valence electrons. The highest BCUT2D eigenvalue weighted by Crippen LogP contribution is 2.26. The number of rotatable bonds is 5. The Bertz CT molecular complexity index is 593. The lowest BCUT2D eigenvalue weighted by Gasteiger charge is -2.16. The molecule has 0 bridgehead atoms. The molecule has 0 saturated heterocycles. The molecule has 0 saturated carbocycles. The molecule has 1 aromatic carbocycles. The molecule has 2 rings (SSSR count). The topological polar surface area (TPSA) is 29.9 Å². The SMILES string of the molecule is CCc1nn(C)cc1C(Cc1ccc(Cl)c(Cl)c1)NC. The minimum atomic E-state index is 0.218. The third-order valence-electron chi connectivity index (χ3n) is 3.42. The van der Waals surface area contributed by atoms with Gasteiger partial charge in [-0.2, -0.15) is 5.10 Å². The number of nitrogens with one attached hydrogen (secondary N) is 1. The van der Waals surface area contributed by atoms with Crippen LogP contribution in [-0.2, 0) is 19.9 Å². The first-order valence-corrected chi connectivity index (χ1v) is 7.44. The molecule has 0 amide bonds. The lowest BCUT2D eigenvalue weighted by atomic mass is 9.98. The van der Waals surface area contributed by atoms with Crippen LogP contribution in [0, 0.1) is 0 Å². The first kappa shape index (κ1) is 15.4. The predicted octanol–water partition coefficient (Wildman–Crippen LogP) is 3.79. The van der Waals surface area contributed by atoms with E-state index in [0.717, 1.165) is 24.1 Å². The van der Waals surface area contributed by atoms with E-state index in [9.17, 15) is 0 Å². The van der Waals surface area contributed by atoms with Crippen molar-refractivity contribution in [3.8, 4) is 0 Å². The first-order chi connectivity index (χ1) is 9.55. The number of halogens is 2. The van der Waals surface area contributed by atoms with Crippen molar-refractivity contribution in [3.05, 3.63) is 51.3 Å². The first-order valence-electron chi connectivity index (χ1n) is 6.68. The average Bonchev–Trinajstić information content (AvgIpc) is 2.81. The van der Waals surface area contributed by atoms with Crippen LogP contribution in [0.25, 0.3) is 0 Å². The Labute approximate surface area is 129 Å². The van der Waals surface area contributed by atoms with Gasteiger partial charge in [0, 0.05) is 24.8 Å². The molecule has 3 nitrogen and oxygen atoms in total. The zero-order valence-corrected chi connectivity index (χ0v) is 13.5. The van der Waals surface area contributed by atoms with Crippen molar-refractivity contribution in [2.45, 2.75) is 25.8 Å². The van der Waals surface area contributed by atoms with Gasteiger partial charge >= 0.3 is 0 Å². The summed E-state index contributed by atoms with van der Waals surface area (Å²) in [6.07, 6.45) is 3.86. The number of nitrogens with zero attached hydrogens (tertiary/aromatic N) is 2. The summed E-state index contributed by atoms with van der Waals surface area (Å²) in [5.41, 5.74) is 3.53. The van der Waals surface area contributed by atoms with E-state index in [2.05, 4.69) is 23.5 Å². The second-order valence-corrected chi connectivity index (χ2v) is 5.67. The standard InChI is InChI=1S/C15H19Cl2N3/c1-4-14-11(9-20(3)19-14)15(18-2)8-10-5-6-12(16)13(17)7-10/h5-7,9,15,18H,4,8H2,1-3H3. The molecule has 1 N–H and O–H groups in total. The van der Waals surface area contributed by atoms with Crippen LogP contribution in [0.4, 0.5) is 0 Å². The van der Waals surface area contributed by atoms with Crippen LogP contribution in [-0.4, -0.2) is 16.8 Å². The number of aryl methyl sites for hydroxylation is 2. The Morgan fingerprint density at radius 3 is 2.65 bits per heavy atom. The number of likely N-dealkylation sites (N-methyl/N-ethyl adjacent to an activating group) is 1. The summed E-state index contributed by atoms with van der Waals surface area (Å²) in [6, 6.07) is 6.00. The van der Waals surface area contributed by atoms with Gasteiger partial charge < -0.3 is 5.32 Å². The van der Waals surface area contributed by atoms with Crippen LogP contribution in [0.15, 0.2) is 24.4 Å². The molecule has 0 fully saturated rings. The molecule has 0 aliphatic rings. The van der Waals surface area contributed by atoms with E-state index in [1.807, 2.05) is 37.0 Å². The Kier molecular flexibility index (Phi) is 5.08. The third kappa shape index (κ3) is 3.35. The molecule has 5 heteroatoms. The minimum absolute atomic E-state index is 0.218. The molecular formula is C15H19Cl2N3. The van der Waals surface area contributed by atoms with E-state index in [0.29, 0.717) is 10.0 Å². The van der Waals surface area contributed by atoms with Gasteiger partial charge in [-0.3, -0.25) is 4.68 Å². The zero-order chi connectivity index (χ0) is 14.7. The van der Waals surface area contributed by atoms with Crippen molar-refractivity contribution in [3.63, 3.8) is 0 Å². The maximum absolute atomic E-state index is 6.08. The van der Waals surface area contributed by atoms with E-state index in [1.54, 1.807) is 0 Å². The lowest BCUT2D eigenvalue weighted by Crippen LogP contribution is -2.19. The Morgan fingerprint density at radius 1 is 1.30 bits per heavy atom. The van der Waals surface area contributed by atoms with E-state index in [-0.39, 0.29) is 6.04 Å². The van der Waals surface area contributed by atoms with Gasteiger partial charge in [-0.1, -0.05) is 36.2 Å². The zero-order valence-electron chi connectivity index (χ0n) is 12.0. The molecule has 0 radical (unpaired) electrons. The van der Waals surface area contributed by atoms with E-state index in [1.165, 1.54) is 5.56 Å². The van der Waals surface area contributed by atoms with Gasteiger partial charge in [0.05, 0.1) is 15.7 Å². The number of benzene rings is 1. The van der Waals surface area contributed by atoms with Crippen LogP contribution in [0.1, 0.15) is 29.8 Å². The molecule has 2 aromatic rings. The summed E-state index contributed by atoms with van der Waals surface area (Å²) in [5, 5.41) is 9.05. The average molecular weight is 312 g/mol. The van der Waals surface area contributed by atoms with Gasteiger partial charge in [0.15, 0.2) is 0 Å². The monoisotopic (exact) mass is 311 g/mol. The molecule has 0 aliphatic heterocycles. The van der Waals surface area contributed by atoms with Gasteiger partial charge in [0.2, 0.25) is 0 Å². The van der Waals surface area contributed by atoms with Crippen molar-refractivity contribution in [2.75, 3.05) is 7.05 Å². The predicted molar refractivity (Wildman–Crippen MR) is 84.6 cm³/mol. The van der Waals surface area contributed by atoms with Gasteiger partial charge in [-0.05, 0) is 37.6 Å². The number of aromatic nitrogens is 2. The quantitative estimate of drug-likeness (QED) is 0.910. The molecule has 1 heterocycles. The highest BCUT2D eigenvalue weighted by Gasteiger charge is 2.17. The maximum Gasteiger partial charge on any atom is 0.0669 e. The largest absolute Gasteiger partial charge is 0.313 e. The van der Waals surface area contributed by atoms with Gasteiger partial charge in [0.1, 0.15) is 0 Å². The summed E-state index contributed by atoms with van der Waals surface area (Å²) in [6.45, 7) is 2.12. The molecule has 0 aliphatic carbocycles. The van der Waals surface area contributed by atoms with Crippen LogP contribution in [0.3, 0.4) is 0 Å². The van der Waals surface area contributed by atoms with Crippen molar-refractivity contribution in [1.82, 2.24) is 15.1 Å². The van der Waals surface area contributed by atoms with Crippen molar-refractivity contribution in [2.24, 2.45) is 7.05 Å². The van der Waals surface area contributed by atoms with Gasteiger partial charge in [0.25, 0.3) is 0 Å². The normalized spacial score (nSPS) is 12.7. The number of hydrogen-bond acceptors (Lipinski definition) is 2. The highest BCUT2D eigenvalue weighted by atomic mass is 35.5. The second-order valence-electron chi connectivity index (χ2n) is 4.85. The van der Waals surface area contributed by atoms with E-state index < -0.39 is 0 Å². The van der Waals surface area contributed by atoms with E-state index in [4.69, 9.17) is 23.2 Å². The van der Waals surface area contributed by atoms with Crippen LogP contribution in [0.5, 0.6) is 0 Å². The van der Waals surface area contributed by atoms with Crippen LogP contribution in [0.2, 0.25) is 10.0 Å². The lowest BCUT2D eigenvalue weighted by molar-refractivity contribution is 0.586. The molecular weight excluding hydrogens is 293 g/mol. The van der Waals surface area contributed by atoms with Crippen molar-refractivity contribution >= 4 is 23.2 Å². The highest BCUT2D eigenvalue weighted by molar-refractivity contribution is 6.42. The third-order valence-corrected chi connectivity index (χ3v) is 4.16. The molecule has 1 aromatic heterocycles. The fourth-order valence-corrected chi connectivity index (χ4v) is 2.71. The summed E-state index contributed by atoms with van der Waals surface area (Å²) in [5.74, 6) is 0. The molecule has 1 unspecified atom stereocenters. The number of hydrogen-bond donors (Lipinski definition) is 1. The summed E-state index contributed by atoms with van der Waals surface area (Å²) in [4.78, 5) is 0. The smallest absolute Gasteiger partial charge is 0.0669 e.